The Kier molecular flexibility index (Phi) is 10.4. The van der Waals surface area contributed by atoms with Crippen LogP contribution in [-0.4, -0.2) is 120 Å². The number of anilines is 1. The molecule has 1 N–H and O–H groups in total. The maximum Gasteiger partial charge on any atom is 0.415 e. The van der Waals surface area contributed by atoms with Crippen LogP contribution in [0.15, 0.2) is 24.4 Å². The molecule has 0 atom stereocenters. The zero-order valence-corrected chi connectivity index (χ0v) is 30.3. The number of esters is 1. The minimum Gasteiger partial charge on any atom is -0.494 e. The lowest BCUT2D eigenvalue weighted by atomic mass is 9.96. The Labute approximate surface area is 296 Å². The molecule has 0 bridgehead atoms. The Morgan fingerprint density at radius 3 is 2.50 bits per heavy atom. The summed E-state index contributed by atoms with van der Waals surface area (Å²) in [5.74, 6) is 0.284. The molecule has 3 aliphatic rings. The van der Waals surface area contributed by atoms with Gasteiger partial charge in [0.1, 0.15) is 40.7 Å². The van der Waals surface area contributed by atoms with Gasteiger partial charge in [-0.1, -0.05) is 11.6 Å². The van der Waals surface area contributed by atoms with E-state index in [-0.39, 0.29) is 41.4 Å². The fourth-order valence-electron chi connectivity index (χ4n) is 6.43. The van der Waals surface area contributed by atoms with E-state index in [1.54, 1.807) is 22.9 Å². The zero-order chi connectivity index (χ0) is 35.7. The van der Waals surface area contributed by atoms with Gasteiger partial charge in [0.15, 0.2) is 5.69 Å². The van der Waals surface area contributed by atoms with Gasteiger partial charge in [-0.25, -0.2) is 14.5 Å². The monoisotopic (exact) mass is 711 g/mol. The number of hydrogen-bond acceptors (Lipinski definition) is 11. The van der Waals surface area contributed by atoms with Gasteiger partial charge < -0.3 is 29.2 Å². The number of methoxy groups -OCH3 is 1. The lowest BCUT2D eigenvalue weighted by Crippen LogP contribution is -2.56. The van der Waals surface area contributed by atoms with Crippen molar-refractivity contribution >= 4 is 46.2 Å². The van der Waals surface area contributed by atoms with Gasteiger partial charge in [0.25, 0.3) is 5.91 Å². The summed E-state index contributed by atoms with van der Waals surface area (Å²) in [6, 6.07) is 5.51. The summed E-state index contributed by atoms with van der Waals surface area (Å²) in [4.78, 5) is 49.5. The minimum atomic E-state index is -0.671. The number of halogens is 1. The number of hydrogen-bond donors (Lipinski definition) is 1. The molecule has 2 amide bonds. The molecule has 2 aromatic heterocycles. The standard InChI is InChI=1S/C35H46ClN7O7/c1-21(2)41-19-23(20-41)49-33(45)22-7-10-40(11-8-22)12-9-37-32(44)31-24-18-38-30(36)17-25(24)43(39-31)27-16-29-26(15-28(27)47-6)42(13-14-48-29)34(46)50-35(3,4)5/h15-18,21-23H,7-14,19-20H2,1-6H3,(H,37,44). The van der Waals surface area contributed by atoms with Crippen molar-refractivity contribution in [3.63, 3.8) is 0 Å². The summed E-state index contributed by atoms with van der Waals surface area (Å²) in [7, 11) is 1.51. The highest BCUT2D eigenvalue weighted by Crippen LogP contribution is 2.41. The van der Waals surface area contributed by atoms with Crippen LogP contribution in [0, 0.1) is 5.92 Å². The van der Waals surface area contributed by atoms with Gasteiger partial charge in [-0.05, 0) is 60.5 Å². The number of piperidine rings is 1. The molecule has 15 heteroatoms. The molecule has 2 saturated heterocycles. The first kappa shape index (κ1) is 35.7. The number of benzene rings is 1. The number of carbonyl (C=O) groups excluding carboxylic acids is 3. The normalized spacial score (nSPS) is 17.6. The van der Waals surface area contributed by atoms with E-state index in [0.29, 0.717) is 59.5 Å². The van der Waals surface area contributed by atoms with E-state index in [9.17, 15) is 14.4 Å². The number of likely N-dealkylation sites (tertiary alicyclic amines) is 2. The number of pyridine rings is 1. The van der Waals surface area contributed by atoms with E-state index in [1.165, 1.54) is 18.2 Å². The van der Waals surface area contributed by atoms with Gasteiger partial charge in [-0.3, -0.25) is 19.4 Å². The van der Waals surface area contributed by atoms with Crippen molar-refractivity contribution < 1.29 is 33.3 Å². The third-order valence-electron chi connectivity index (χ3n) is 9.24. The van der Waals surface area contributed by atoms with Gasteiger partial charge in [0, 0.05) is 56.6 Å². The number of carbonyl (C=O) groups is 3. The first-order valence-electron chi connectivity index (χ1n) is 17.2. The van der Waals surface area contributed by atoms with Crippen LogP contribution in [0.25, 0.3) is 16.6 Å². The first-order chi connectivity index (χ1) is 23.8. The van der Waals surface area contributed by atoms with Crippen molar-refractivity contribution in [1.29, 1.82) is 0 Å². The van der Waals surface area contributed by atoms with E-state index < -0.39 is 11.7 Å². The second-order valence-electron chi connectivity index (χ2n) is 14.2. The highest BCUT2D eigenvalue weighted by Gasteiger charge is 2.35. The lowest BCUT2D eigenvalue weighted by Gasteiger charge is -2.42. The molecular formula is C35H46ClN7O7. The summed E-state index contributed by atoms with van der Waals surface area (Å²) in [6.45, 7) is 14.4. The van der Waals surface area contributed by atoms with Crippen LogP contribution >= 0.6 is 11.6 Å². The SMILES string of the molecule is COc1cc2c(cc1-n1nc(C(=O)NCCN3CCC(C(=O)OC4CN(C(C)C)C4)CC3)c3cnc(Cl)cc31)OCCN2C(=O)OC(C)(C)C. The fourth-order valence-corrected chi connectivity index (χ4v) is 6.59. The van der Waals surface area contributed by atoms with Crippen LogP contribution in [0.5, 0.6) is 11.5 Å². The number of amides is 2. The van der Waals surface area contributed by atoms with Crippen molar-refractivity contribution in [3.8, 4) is 17.2 Å². The second-order valence-corrected chi connectivity index (χ2v) is 14.6. The second kappa shape index (κ2) is 14.6. The summed E-state index contributed by atoms with van der Waals surface area (Å²) >= 11 is 6.31. The van der Waals surface area contributed by atoms with Crippen LogP contribution in [0.1, 0.15) is 57.9 Å². The Balaban J connectivity index is 1.12. The number of nitrogens with one attached hydrogen (secondary N) is 1. The third kappa shape index (κ3) is 7.77. The highest BCUT2D eigenvalue weighted by atomic mass is 35.5. The van der Waals surface area contributed by atoms with Gasteiger partial charge >= 0.3 is 12.1 Å². The molecule has 3 aliphatic heterocycles. The Morgan fingerprint density at radius 2 is 1.82 bits per heavy atom. The quantitative estimate of drug-likeness (QED) is 0.251. The fraction of sp³-hybridized carbons (Fsp3) is 0.571. The molecule has 6 rings (SSSR count). The van der Waals surface area contributed by atoms with E-state index in [1.807, 2.05) is 20.8 Å². The molecule has 50 heavy (non-hydrogen) atoms. The molecule has 3 aromatic rings. The summed E-state index contributed by atoms with van der Waals surface area (Å²) < 4.78 is 24.6. The van der Waals surface area contributed by atoms with Crippen molar-refractivity contribution in [2.24, 2.45) is 5.92 Å². The van der Waals surface area contributed by atoms with Gasteiger partial charge in [-0.15, -0.1) is 0 Å². The van der Waals surface area contributed by atoms with E-state index >= 15 is 0 Å². The maximum absolute atomic E-state index is 13.5. The number of fused-ring (bicyclic) bond motifs is 2. The summed E-state index contributed by atoms with van der Waals surface area (Å²) in [5, 5.41) is 8.43. The van der Waals surface area contributed by atoms with Crippen LogP contribution in [0.3, 0.4) is 0 Å². The van der Waals surface area contributed by atoms with Gasteiger partial charge in [0.05, 0.1) is 36.2 Å². The Hall–Kier alpha value is -4.14. The first-order valence-corrected chi connectivity index (χ1v) is 17.5. The predicted octanol–water partition coefficient (Wildman–Crippen LogP) is 4.29. The number of aromatic nitrogens is 3. The van der Waals surface area contributed by atoms with Crippen molar-refractivity contribution in [1.82, 2.24) is 29.9 Å². The highest BCUT2D eigenvalue weighted by molar-refractivity contribution is 6.30. The molecule has 0 unspecified atom stereocenters. The average Bonchev–Trinajstić information content (AvgIpc) is 3.43. The molecule has 14 nitrogen and oxygen atoms in total. The van der Waals surface area contributed by atoms with Gasteiger partial charge in [0.2, 0.25) is 0 Å². The molecule has 270 valence electrons. The number of rotatable bonds is 9. The zero-order valence-electron chi connectivity index (χ0n) is 29.5. The minimum absolute atomic E-state index is 0.000104. The largest absolute Gasteiger partial charge is 0.494 e. The topological polar surface area (TPSA) is 141 Å². The summed E-state index contributed by atoms with van der Waals surface area (Å²) in [5.41, 5.74) is 1.03. The molecule has 0 radical (unpaired) electrons. The molecule has 0 aliphatic carbocycles. The Bertz CT molecular complexity index is 1740. The van der Waals surface area contributed by atoms with E-state index in [0.717, 1.165) is 39.0 Å². The van der Waals surface area contributed by atoms with Crippen molar-refractivity contribution in [2.45, 2.75) is 65.2 Å². The van der Waals surface area contributed by atoms with Crippen LogP contribution < -0.4 is 19.7 Å². The van der Waals surface area contributed by atoms with E-state index in [2.05, 4.69) is 33.9 Å². The van der Waals surface area contributed by atoms with Crippen LogP contribution in [0.2, 0.25) is 5.15 Å². The maximum atomic E-state index is 13.5. The molecule has 5 heterocycles. The molecule has 1 aromatic carbocycles. The third-order valence-corrected chi connectivity index (χ3v) is 9.44. The van der Waals surface area contributed by atoms with Gasteiger partial charge in [-0.2, -0.15) is 5.10 Å². The predicted molar refractivity (Wildman–Crippen MR) is 188 cm³/mol. The smallest absolute Gasteiger partial charge is 0.415 e. The van der Waals surface area contributed by atoms with E-state index in [4.69, 9.17) is 35.6 Å². The van der Waals surface area contributed by atoms with Crippen molar-refractivity contribution in [3.05, 3.63) is 35.2 Å². The average molecular weight is 712 g/mol. The molecule has 0 spiro atoms. The van der Waals surface area contributed by atoms with Crippen LogP contribution in [-0.2, 0) is 14.3 Å². The number of ether oxygens (including phenoxy) is 4. The lowest BCUT2D eigenvalue weighted by molar-refractivity contribution is -0.165. The summed E-state index contributed by atoms with van der Waals surface area (Å²) in [6.07, 6.45) is 2.50. The number of nitrogens with zero attached hydrogens (tertiary/aromatic N) is 6. The van der Waals surface area contributed by atoms with Crippen LogP contribution in [0.4, 0.5) is 10.5 Å². The molecular weight excluding hydrogens is 666 g/mol. The molecule has 2 fully saturated rings. The van der Waals surface area contributed by atoms with Crippen molar-refractivity contribution in [2.75, 3.05) is 64.4 Å². The molecule has 0 saturated carbocycles. The Morgan fingerprint density at radius 1 is 1.08 bits per heavy atom.